The summed E-state index contributed by atoms with van der Waals surface area (Å²) >= 11 is 11.9. The Bertz CT molecular complexity index is 1310. The van der Waals surface area contributed by atoms with Crippen LogP contribution < -0.4 is 15.0 Å². The quantitative estimate of drug-likeness (QED) is 0.383. The smallest absolute Gasteiger partial charge is 0.387 e. The van der Waals surface area contributed by atoms with Crippen molar-refractivity contribution < 1.29 is 23.1 Å². The molecule has 1 aromatic heterocycles. The summed E-state index contributed by atoms with van der Waals surface area (Å²) in [6.07, 6.45) is 4.19. The molecule has 36 heavy (non-hydrogen) atoms. The number of fused-ring (bicyclic) bond motifs is 2. The molecule has 0 radical (unpaired) electrons. The fourth-order valence-corrected chi connectivity index (χ4v) is 4.85. The first-order valence-electron chi connectivity index (χ1n) is 11.4. The van der Waals surface area contributed by atoms with E-state index < -0.39 is 6.61 Å². The van der Waals surface area contributed by atoms with Gasteiger partial charge in [0.25, 0.3) is 11.8 Å². The number of amides is 2. The molecule has 2 unspecified atom stereocenters. The topological polar surface area (TPSA) is 71.5 Å². The summed E-state index contributed by atoms with van der Waals surface area (Å²) in [5.74, 6) is -0.285. The largest absolute Gasteiger partial charge is 0.433 e. The lowest BCUT2D eigenvalue weighted by atomic mass is 10.0. The van der Waals surface area contributed by atoms with Gasteiger partial charge in [-0.2, -0.15) is 8.78 Å². The number of hydrogen-bond donors (Lipinski definition) is 1. The van der Waals surface area contributed by atoms with E-state index in [1.165, 1.54) is 23.4 Å². The van der Waals surface area contributed by atoms with Crippen LogP contribution in [0.2, 0.25) is 10.0 Å². The molecule has 1 N–H and O–H groups in total. The summed E-state index contributed by atoms with van der Waals surface area (Å²) in [4.78, 5) is 29.5. The van der Waals surface area contributed by atoms with Crippen molar-refractivity contribution in [2.75, 3.05) is 4.90 Å². The molecule has 2 aromatic carbocycles. The van der Waals surface area contributed by atoms with E-state index in [4.69, 9.17) is 23.2 Å². The van der Waals surface area contributed by atoms with E-state index in [1.807, 2.05) is 19.9 Å². The molecule has 0 aliphatic carbocycles. The lowest BCUT2D eigenvalue weighted by Gasteiger charge is -2.24. The fraction of sp³-hybridized carbons (Fsp3) is 0.269. The number of carbonyl (C=O) groups excluding carboxylic acids is 2. The molecule has 5 rings (SSSR count). The number of alkyl halides is 2. The van der Waals surface area contributed by atoms with Crippen LogP contribution in [0, 0.1) is 0 Å². The Morgan fingerprint density at radius 2 is 1.64 bits per heavy atom. The van der Waals surface area contributed by atoms with E-state index >= 15 is 0 Å². The van der Waals surface area contributed by atoms with Crippen molar-refractivity contribution in [2.45, 2.75) is 45.4 Å². The third kappa shape index (κ3) is 5.15. The average Bonchev–Trinajstić information content (AvgIpc) is 3.31. The predicted molar refractivity (Wildman–Crippen MR) is 134 cm³/mol. The maximum atomic E-state index is 12.7. The second-order valence-corrected chi connectivity index (χ2v) is 9.13. The highest BCUT2D eigenvalue weighted by Crippen LogP contribution is 2.41. The van der Waals surface area contributed by atoms with E-state index in [1.54, 1.807) is 30.3 Å². The Morgan fingerprint density at radius 3 is 2.28 bits per heavy atom. The minimum absolute atomic E-state index is 0.0125. The molecule has 0 spiro atoms. The van der Waals surface area contributed by atoms with Gasteiger partial charge in [0.05, 0.1) is 30.2 Å². The molecule has 188 valence electrons. The van der Waals surface area contributed by atoms with Crippen molar-refractivity contribution >= 4 is 40.7 Å². The minimum atomic E-state index is -2.95. The number of aromatic nitrogens is 1. The average molecular weight is 534 g/mol. The van der Waals surface area contributed by atoms with E-state index in [-0.39, 0.29) is 29.6 Å². The van der Waals surface area contributed by atoms with Crippen LogP contribution in [0.3, 0.4) is 0 Å². The third-order valence-electron chi connectivity index (χ3n) is 6.07. The van der Waals surface area contributed by atoms with Gasteiger partial charge in [-0.05, 0) is 60.4 Å². The van der Waals surface area contributed by atoms with Crippen LogP contribution in [-0.4, -0.2) is 23.4 Å². The highest BCUT2D eigenvalue weighted by molar-refractivity contribution is 6.31. The van der Waals surface area contributed by atoms with Crippen LogP contribution in [0.4, 0.5) is 14.5 Å². The maximum absolute atomic E-state index is 12.7. The second-order valence-electron chi connectivity index (χ2n) is 8.25. The van der Waals surface area contributed by atoms with Gasteiger partial charge in [0.1, 0.15) is 5.75 Å². The van der Waals surface area contributed by atoms with Crippen LogP contribution in [0.5, 0.6) is 5.75 Å². The van der Waals surface area contributed by atoms with Gasteiger partial charge in [-0.3, -0.25) is 19.5 Å². The molecule has 0 saturated heterocycles. The molecule has 10 heteroatoms. The Kier molecular flexibility index (Phi) is 7.76. The molecule has 6 nitrogen and oxygen atoms in total. The van der Waals surface area contributed by atoms with Crippen molar-refractivity contribution in [1.29, 1.82) is 0 Å². The highest BCUT2D eigenvalue weighted by atomic mass is 35.5. The van der Waals surface area contributed by atoms with Gasteiger partial charge >= 0.3 is 6.61 Å². The Labute approximate surface area is 217 Å². The summed E-state index contributed by atoms with van der Waals surface area (Å²) in [5.41, 5.74) is 3.58. The van der Waals surface area contributed by atoms with Crippen molar-refractivity contribution in [3.63, 3.8) is 0 Å². The van der Waals surface area contributed by atoms with Crippen molar-refractivity contribution in [3.05, 3.63) is 87.2 Å². The molecule has 2 aliphatic heterocycles. The van der Waals surface area contributed by atoms with Crippen LogP contribution >= 0.6 is 23.2 Å². The summed E-state index contributed by atoms with van der Waals surface area (Å²) in [7, 11) is 0. The number of anilines is 1. The predicted octanol–water partition coefficient (Wildman–Crippen LogP) is 6.98. The van der Waals surface area contributed by atoms with Crippen molar-refractivity contribution in [1.82, 2.24) is 10.3 Å². The first kappa shape index (κ1) is 25.9. The number of pyridine rings is 1. The number of hydrogen-bond acceptors (Lipinski definition) is 4. The zero-order chi connectivity index (χ0) is 26.0. The Balaban J connectivity index is 0.000000197. The number of carbonyl (C=O) groups is 2. The molecule has 2 atom stereocenters. The molecule has 3 heterocycles. The van der Waals surface area contributed by atoms with Crippen LogP contribution in [0.1, 0.15) is 70.6 Å². The zero-order valence-electron chi connectivity index (χ0n) is 19.5. The number of halogens is 4. The molecular formula is C26H23Cl2F2N3O3. The minimum Gasteiger partial charge on any atom is -0.433 e. The molecule has 0 bridgehead atoms. The molecule has 2 amide bonds. The Morgan fingerprint density at radius 1 is 0.972 bits per heavy atom. The van der Waals surface area contributed by atoms with Crippen molar-refractivity contribution in [3.8, 4) is 5.75 Å². The van der Waals surface area contributed by atoms with Gasteiger partial charge in [-0.15, -0.1) is 0 Å². The SMILES string of the molecule is CCC1NC(=O)c2ccc(Cl)cc21.CCC1c2cc(Cl)ccc2C(=O)N1c1cncc(OC(F)F)c1. The molecule has 3 aromatic rings. The van der Waals surface area contributed by atoms with Crippen LogP contribution in [-0.2, 0) is 0 Å². The van der Waals surface area contributed by atoms with Gasteiger partial charge in [-0.1, -0.05) is 37.0 Å². The second kappa shape index (κ2) is 10.8. The maximum Gasteiger partial charge on any atom is 0.387 e. The van der Waals surface area contributed by atoms with Gasteiger partial charge < -0.3 is 10.1 Å². The highest BCUT2D eigenvalue weighted by Gasteiger charge is 2.37. The lowest BCUT2D eigenvalue weighted by Crippen LogP contribution is -2.27. The van der Waals surface area contributed by atoms with Crippen molar-refractivity contribution in [2.24, 2.45) is 0 Å². The Hall–Kier alpha value is -3.23. The summed E-state index contributed by atoms with van der Waals surface area (Å²) < 4.78 is 29.1. The van der Waals surface area contributed by atoms with Gasteiger partial charge in [0, 0.05) is 27.2 Å². The number of nitrogens with zero attached hydrogens (tertiary/aromatic N) is 2. The summed E-state index contributed by atoms with van der Waals surface area (Å²) in [6, 6.07) is 11.8. The van der Waals surface area contributed by atoms with Gasteiger partial charge in [0.2, 0.25) is 0 Å². The summed E-state index contributed by atoms with van der Waals surface area (Å²) in [6.45, 7) is 1.04. The molecule has 0 saturated carbocycles. The van der Waals surface area contributed by atoms with Gasteiger partial charge in [-0.25, -0.2) is 0 Å². The lowest BCUT2D eigenvalue weighted by molar-refractivity contribution is -0.0500. The number of rotatable bonds is 5. The number of nitrogens with one attached hydrogen (secondary N) is 1. The standard InChI is InChI=1S/C16H13ClF2N2O2.C10H10ClNO/c1-2-14-13-5-9(17)3-4-12(13)15(22)21(14)10-6-11(8-20-7-10)23-16(18)19;1-2-9-8-5-6(11)3-4-7(8)10(13)12-9/h3-8,14,16H,2H2,1H3;3-5,9H,2H2,1H3,(H,12,13). The van der Waals surface area contributed by atoms with E-state index in [0.29, 0.717) is 27.7 Å². The van der Waals surface area contributed by atoms with E-state index in [0.717, 1.165) is 23.1 Å². The first-order chi connectivity index (χ1) is 17.2. The normalized spacial score (nSPS) is 17.9. The monoisotopic (exact) mass is 533 g/mol. The molecule has 0 fully saturated rings. The van der Waals surface area contributed by atoms with Gasteiger partial charge in [0.15, 0.2) is 0 Å². The first-order valence-corrected chi connectivity index (χ1v) is 12.1. The summed E-state index contributed by atoms with van der Waals surface area (Å²) in [5, 5.41) is 4.13. The van der Waals surface area contributed by atoms with E-state index in [2.05, 4.69) is 15.0 Å². The van der Waals surface area contributed by atoms with Crippen LogP contribution in [0.25, 0.3) is 0 Å². The number of benzene rings is 2. The fourth-order valence-electron chi connectivity index (χ4n) is 4.48. The van der Waals surface area contributed by atoms with E-state index in [9.17, 15) is 18.4 Å². The third-order valence-corrected chi connectivity index (χ3v) is 6.54. The zero-order valence-corrected chi connectivity index (χ0v) is 21.0. The molecular weight excluding hydrogens is 511 g/mol. The molecule has 2 aliphatic rings. The number of ether oxygens (including phenoxy) is 1. The van der Waals surface area contributed by atoms with Crippen LogP contribution in [0.15, 0.2) is 54.9 Å².